The van der Waals surface area contributed by atoms with Gasteiger partial charge in [-0.1, -0.05) is 6.08 Å². The fraction of sp³-hybridized carbons (Fsp3) is 0.400. The van der Waals surface area contributed by atoms with Gasteiger partial charge in [-0.15, -0.1) is 41.9 Å². The van der Waals surface area contributed by atoms with Gasteiger partial charge < -0.3 is 20.1 Å². The third kappa shape index (κ3) is 6.37. The molecule has 154 valence electrons. The second-order valence-corrected chi connectivity index (χ2v) is 7.29. The molecule has 0 bridgehead atoms. The standard InChI is InChI=1S/C20H28N4O2S.HI/c1-7-8-16-9-15(10-17(25-5)19(16)26-6)11-22-20(21-4)23-12-18-13(2)24-14(3)27-18;/h7,9-10H,1,8,11-12H2,2-6H3,(H2,21,22,23);1H. The Balaban J connectivity index is 0.00000392. The Kier molecular flexibility index (Phi) is 10.3. The summed E-state index contributed by atoms with van der Waals surface area (Å²) in [7, 11) is 5.06. The van der Waals surface area contributed by atoms with Crippen molar-refractivity contribution < 1.29 is 9.47 Å². The summed E-state index contributed by atoms with van der Waals surface area (Å²) in [6.07, 6.45) is 2.57. The summed E-state index contributed by atoms with van der Waals surface area (Å²) < 4.78 is 11.0. The van der Waals surface area contributed by atoms with Crippen molar-refractivity contribution in [3.05, 3.63) is 51.5 Å². The van der Waals surface area contributed by atoms with Gasteiger partial charge in [-0.05, 0) is 38.0 Å². The average Bonchev–Trinajstić information content (AvgIpc) is 2.98. The normalized spacial score (nSPS) is 10.8. The van der Waals surface area contributed by atoms with Crippen LogP contribution in [0.25, 0.3) is 0 Å². The number of guanidine groups is 1. The van der Waals surface area contributed by atoms with Gasteiger partial charge in [-0.25, -0.2) is 4.98 Å². The molecule has 8 heteroatoms. The molecule has 6 nitrogen and oxygen atoms in total. The van der Waals surface area contributed by atoms with E-state index in [1.807, 2.05) is 26.0 Å². The lowest BCUT2D eigenvalue weighted by Gasteiger charge is -2.16. The summed E-state index contributed by atoms with van der Waals surface area (Å²) in [5.74, 6) is 2.20. The number of aliphatic imine (C=N–C) groups is 1. The third-order valence-electron chi connectivity index (χ3n) is 4.08. The molecule has 1 aromatic carbocycles. The molecule has 0 radical (unpaired) electrons. The molecule has 2 rings (SSSR count). The van der Waals surface area contributed by atoms with E-state index in [9.17, 15) is 0 Å². The van der Waals surface area contributed by atoms with E-state index in [1.165, 1.54) is 4.88 Å². The number of aryl methyl sites for hydroxylation is 2. The largest absolute Gasteiger partial charge is 0.493 e. The molecule has 1 heterocycles. The molecule has 1 aromatic heterocycles. The van der Waals surface area contributed by atoms with Crippen LogP contribution in [-0.4, -0.2) is 32.2 Å². The van der Waals surface area contributed by atoms with E-state index in [-0.39, 0.29) is 24.0 Å². The van der Waals surface area contributed by atoms with E-state index in [2.05, 4.69) is 33.3 Å². The Labute approximate surface area is 188 Å². The minimum absolute atomic E-state index is 0. The van der Waals surface area contributed by atoms with Crippen molar-refractivity contribution in [3.8, 4) is 11.5 Å². The highest BCUT2D eigenvalue weighted by molar-refractivity contribution is 14.0. The number of hydrogen-bond donors (Lipinski definition) is 2. The zero-order valence-electron chi connectivity index (χ0n) is 17.1. The number of nitrogens with zero attached hydrogens (tertiary/aromatic N) is 2. The Hall–Kier alpha value is -1.81. The minimum atomic E-state index is 0. The molecule has 0 saturated heterocycles. The number of aromatic nitrogens is 1. The molecule has 0 aliphatic carbocycles. The fourth-order valence-corrected chi connectivity index (χ4v) is 3.70. The number of thiazole rings is 1. The molecule has 2 N–H and O–H groups in total. The maximum Gasteiger partial charge on any atom is 0.191 e. The molecule has 0 saturated carbocycles. The zero-order chi connectivity index (χ0) is 19.8. The Morgan fingerprint density at radius 1 is 1.21 bits per heavy atom. The Morgan fingerprint density at radius 3 is 2.46 bits per heavy atom. The number of methoxy groups -OCH3 is 2. The second-order valence-electron chi connectivity index (χ2n) is 6.00. The van der Waals surface area contributed by atoms with Gasteiger partial charge >= 0.3 is 0 Å². The number of allylic oxidation sites excluding steroid dienone is 1. The quantitative estimate of drug-likeness (QED) is 0.241. The van der Waals surface area contributed by atoms with Gasteiger partial charge in [0.1, 0.15) is 0 Å². The van der Waals surface area contributed by atoms with Crippen LogP contribution in [0.15, 0.2) is 29.8 Å². The lowest BCUT2D eigenvalue weighted by molar-refractivity contribution is 0.352. The third-order valence-corrected chi connectivity index (χ3v) is 5.15. The topological polar surface area (TPSA) is 67.8 Å². The highest BCUT2D eigenvalue weighted by atomic mass is 127. The Bertz CT molecular complexity index is 821. The molecule has 0 aliphatic heterocycles. The van der Waals surface area contributed by atoms with Crippen LogP contribution in [0.4, 0.5) is 0 Å². The van der Waals surface area contributed by atoms with E-state index in [1.54, 1.807) is 32.6 Å². The highest BCUT2D eigenvalue weighted by Gasteiger charge is 2.12. The van der Waals surface area contributed by atoms with E-state index >= 15 is 0 Å². The summed E-state index contributed by atoms with van der Waals surface area (Å²) in [6, 6.07) is 4.07. The van der Waals surface area contributed by atoms with Gasteiger partial charge in [-0.3, -0.25) is 4.99 Å². The molecular weight excluding hydrogens is 487 g/mol. The van der Waals surface area contributed by atoms with Crippen LogP contribution in [-0.2, 0) is 19.5 Å². The van der Waals surface area contributed by atoms with E-state index < -0.39 is 0 Å². The van der Waals surface area contributed by atoms with Crippen molar-refractivity contribution in [2.24, 2.45) is 4.99 Å². The molecule has 0 fully saturated rings. The van der Waals surface area contributed by atoms with Gasteiger partial charge in [0.2, 0.25) is 0 Å². The first-order valence-corrected chi connectivity index (χ1v) is 9.56. The molecule has 28 heavy (non-hydrogen) atoms. The Morgan fingerprint density at radius 2 is 1.93 bits per heavy atom. The number of rotatable bonds is 8. The van der Waals surface area contributed by atoms with Crippen LogP contribution in [0.2, 0.25) is 0 Å². The number of halogens is 1. The molecule has 0 spiro atoms. The number of ether oxygens (including phenoxy) is 2. The molecule has 0 atom stereocenters. The van der Waals surface area contributed by atoms with Crippen LogP contribution in [0.3, 0.4) is 0 Å². The van der Waals surface area contributed by atoms with E-state index in [4.69, 9.17) is 9.47 Å². The van der Waals surface area contributed by atoms with E-state index in [0.29, 0.717) is 25.3 Å². The fourth-order valence-electron chi connectivity index (χ4n) is 2.82. The van der Waals surface area contributed by atoms with Crippen molar-refractivity contribution >= 4 is 41.3 Å². The maximum atomic E-state index is 5.49. The minimum Gasteiger partial charge on any atom is -0.493 e. The maximum absolute atomic E-state index is 5.49. The monoisotopic (exact) mass is 516 g/mol. The van der Waals surface area contributed by atoms with Crippen molar-refractivity contribution in [1.29, 1.82) is 0 Å². The van der Waals surface area contributed by atoms with Gasteiger partial charge in [0.15, 0.2) is 17.5 Å². The smallest absolute Gasteiger partial charge is 0.191 e. The summed E-state index contributed by atoms with van der Waals surface area (Å²) >= 11 is 1.70. The van der Waals surface area contributed by atoms with Crippen molar-refractivity contribution in [2.45, 2.75) is 33.4 Å². The molecule has 0 unspecified atom stereocenters. The van der Waals surface area contributed by atoms with Gasteiger partial charge in [0, 0.05) is 24.0 Å². The van der Waals surface area contributed by atoms with Crippen molar-refractivity contribution in [2.75, 3.05) is 21.3 Å². The lowest BCUT2D eigenvalue weighted by Crippen LogP contribution is -2.36. The summed E-state index contributed by atoms with van der Waals surface area (Å²) in [5, 5.41) is 7.76. The van der Waals surface area contributed by atoms with Crippen molar-refractivity contribution in [1.82, 2.24) is 15.6 Å². The zero-order valence-corrected chi connectivity index (χ0v) is 20.2. The van der Waals surface area contributed by atoms with Crippen molar-refractivity contribution in [3.63, 3.8) is 0 Å². The first-order chi connectivity index (χ1) is 13.0. The SMILES string of the molecule is C=CCc1cc(CNC(=NC)NCc2sc(C)nc2C)cc(OC)c1OC.I. The molecule has 2 aromatic rings. The van der Waals surface area contributed by atoms with Crippen LogP contribution in [0, 0.1) is 13.8 Å². The number of benzene rings is 1. The van der Waals surface area contributed by atoms with Crippen LogP contribution >= 0.6 is 35.3 Å². The van der Waals surface area contributed by atoms with Gasteiger partial charge in [0.05, 0.1) is 31.5 Å². The number of hydrogen-bond acceptors (Lipinski definition) is 5. The van der Waals surface area contributed by atoms with Crippen LogP contribution in [0.5, 0.6) is 11.5 Å². The molecule has 0 amide bonds. The predicted molar refractivity (Wildman–Crippen MR) is 127 cm³/mol. The number of nitrogens with one attached hydrogen (secondary N) is 2. The first kappa shape index (κ1) is 24.2. The van der Waals surface area contributed by atoms with Gasteiger partial charge in [-0.2, -0.15) is 0 Å². The summed E-state index contributed by atoms with van der Waals surface area (Å²) in [6.45, 7) is 9.18. The predicted octanol–water partition coefficient (Wildman–Crippen LogP) is 3.99. The van der Waals surface area contributed by atoms with Crippen LogP contribution in [0.1, 0.15) is 26.7 Å². The van der Waals surface area contributed by atoms with E-state index in [0.717, 1.165) is 33.5 Å². The summed E-state index contributed by atoms with van der Waals surface area (Å²) in [4.78, 5) is 9.97. The summed E-state index contributed by atoms with van der Waals surface area (Å²) in [5.41, 5.74) is 3.19. The average molecular weight is 516 g/mol. The van der Waals surface area contributed by atoms with Crippen LogP contribution < -0.4 is 20.1 Å². The second kappa shape index (κ2) is 11.9. The van der Waals surface area contributed by atoms with Gasteiger partial charge in [0.25, 0.3) is 0 Å². The first-order valence-electron chi connectivity index (χ1n) is 8.74. The molecular formula is C20H29IN4O2S. The molecule has 0 aliphatic rings. The lowest BCUT2D eigenvalue weighted by atomic mass is 10.1. The highest BCUT2D eigenvalue weighted by Crippen LogP contribution is 2.33.